The minimum atomic E-state index is 0.186. The number of amides is 1. The van der Waals surface area contributed by atoms with E-state index in [0.717, 1.165) is 29.7 Å². The van der Waals surface area contributed by atoms with Crippen LogP contribution in [0.2, 0.25) is 0 Å². The lowest BCUT2D eigenvalue weighted by Gasteiger charge is -2.22. The zero-order valence-electron chi connectivity index (χ0n) is 16.6. The highest BCUT2D eigenvalue weighted by Gasteiger charge is 2.32. The van der Waals surface area contributed by atoms with E-state index >= 15 is 0 Å². The fourth-order valence-corrected chi connectivity index (χ4v) is 3.33. The maximum absolute atomic E-state index is 12.8. The third kappa shape index (κ3) is 5.02. The van der Waals surface area contributed by atoms with Gasteiger partial charge in [0.1, 0.15) is 5.75 Å². The van der Waals surface area contributed by atoms with Gasteiger partial charge in [-0.2, -0.15) is 4.98 Å². The second kappa shape index (κ2) is 8.90. The highest BCUT2D eigenvalue weighted by atomic mass is 16.5. The number of carbonyl (C=O) groups is 1. The average Bonchev–Trinajstić information content (AvgIpc) is 3.50. The van der Waals surface area contributed by atoms with E-state index in [1.54, 1.807) is 7.11 Å². The van der Waals surface area contributed by atoms with Crippen molar-refractivity contribution in [2.24, 2.45) is 0 Å². The molecular formula is C23H25N3O3. The van der Waals surface area contributed by atoms with Crippen molar-refractivity contribution < 1.29 is 14.1 Å². The molecule has 6 heteroatoms. The standard InChI is InChI=1S/C23H25N3O3/c1-28-20-14-10-17(11-15-20)16-26(19-12-13-19)22(27)9-5-8-21-24-23(25-29-21)18-6-3-2-4-7-18/h2-4,6-7,10-11,14-15,19H,5,8-9,12-13,16H2,1H3. The molecule has 0 bridgehead atoms. The predicted molar refractivity (Wildman–Crippen MR) is 109 cm³/mol. The Morgan fingerprint density at radius 1 is 1.14 bits per heavy atom. The van der Waals surface area contributed by atoms with Crippen molar-refractivity contribution in [1.82, 2.24) is 15.0 Å². The molecule has 0 saturated heterocycles. The van der Waals surface area contributed by atoms with Crippen LogP contribution in [-0.4, -0.2) is 34.1 Å². The van der Waals surface area contributed by atoms with Gasteiger partial charge >= 0.3 is 0 Å². The molecule has 0 unspecified atom stereocenters. The molecule has 150 valence electrons. The van der Waals surface area contributed by atoms with Gasteiger partial charge in [-0.25, -0.2) is 0 Å². The number of aryl methyl sites for hydroxylation is 1. The van der Waals surface area contributed by atoms with Gasteiger partial charge in [0.25, 0.3) is 0 Å². The first-order chi connectivity index (χ1) is 14.2. The third-order valence-electron chi connectivity index (χ3n) is 5.10. The normalized spacial score (nSPS) is 13.3. The van der Waals surface area contributed by atoms with Crippen LogP contribution in [0.15, 0.2) is 59.1 Å². The number of aromatic nitrogens is 2. The summed E-state index contributed by atoms with van der Waals surface area (Å²) < 4.78 is 10.5. The molecule has 2 aromatic carbocycles. The van der Waals surface area contributed by atoms with Crippen molar-refractivity contribution in [1.29, 1.82) is 0 Å². The second-order valence-corrected chi connectivity index (χ2v) is 7.33. The summed E-state index contributed by atoms with van der Waals surface area (Å²) in [5.41, 5.74) is 2.05. The van der Waals surface area contributed by atoms with Gasteiger partial charge in [-0.3, -0.25) is 4.79 Å². The number of nitrogens with zero attached hydrogens (tertiary/aromatic N) is 3. The van der Waals surface area contributed by atoms with Gasteiger partial charge in [0.05, 0.1) is 7.11 Å². The molecule has 3 aromatic rings. The molecule has 4 rings (SSSR count). The van der Waals surface area contributed by atoms with Gasteiger partial charge in [0, 0.05) is 31.0 Å². The van der Waals surface area contributed by atoms with Crippen molar-refractivity contribution in [3.63, 3.8) is 0 Å². The Labute approximate surface area is 170 Å². The molecule has 1 aliphatic rings. The smallest absolute Gasteiger partial charge is 0.226 e. The fourth-order valence-electron chi connectivity index (χ4n) is 3.33. The molecule has 1 aromatic heterocycles. The van der Waals surface area contributed by atoms with E-state index in [2.05, 4.69) is 10.1 Å². The predicted octanol–water partition coefficient (Wildman–Crippen LogP) is 4.26. The van der Waals surface area contributed by atoms with Gasteiger partial charge in [0.2, 0.25) is 17.6 Å². The molecule has 0 N–H and O–H groups in total. The van der Waals surface area contributed by atoms with E-state index in [0.29, 0.717) is 43.6 Å². The highest BCUT2D eigenvalue weighted by molar-refractivity contribution is 5.76. The number of carbonyl (C=O) groups excluding carboxylic acids is 1. The van der Waals surface area contributed by atoms with E-state index in [1.807, 2.05) is 59.5 Å². The second-order valence-electron chi connectivity index (χ2n) is 7.33. The summed E-state index contributed by atoms with van der Waals surface area (Å²) in [6, 6.07) is 18.0. The summed E-state index contributed by atoms with van der Waals surface area (Å²) in [7, 11) is 1.65. The summed E-state index contributed by atoms with van der Waals surface area (Å²) in [6.07, 6.45) is 3.96. The van der Waals surface area contributed by atoms with Gasteiger partial charge in [-0.1, -0.05) is 47.6 Å². The largest absolute Gasteiger partial charge is 0.497 e. The minimum absolute atomic E-state index is 0.186. The number of rotatable bonds is 9. The molecule has 0 spiro atoms. The summed E-state index contributed by atoms with van der Waals surface area (Å²) in [6.45, 7) is 0.645. The van der Waals surface area contributed by atoms with Crippen LogP contribution in [0.1, 0.15) is 37.1 Å². The lowest BCUT2D eigenvalue weighted by Crippen LogP contribution is -2.32. The van der Waals surface area contributed by atoms with Crippen LogP contribution in [-0.2, 0) is 17.8 Å². The summed E-state index contributed by atoms with van der Waals surface area (Å²) in [5.74, 6) is 2.18. The molecule has 0 radical (unpaired) electrons. The molecule has 1 amide bonds. The van der Waals surface area contributed by atoms with Crippen LogP contribution in [0.3, 0.4) is 0 Å². The summed E-state index contributed by atoms with van der Waals surface area (Å²) in [4.78, 5) is 19.2. The minimum Gasteiger partial charge on any atom is -0.497 e. The Morgan fingerprint density at radius 2 is 1.90 bits per heavy atom. The Bertz CT molecular complexity index is 934. The van der Waals surface area contributed by atoms with E-state index in [9.17, 15) is 4.79 Å². The van der Waals surface area contributed by atoms with Gasteiger partial charge in [-0.15, -0.1) is 0 Å². The molecule has 1 heterocycles. The number of hydrogen-bond donors (Lipinski definition) is 0. The summed E-state index contributed by atoms with van der Waals surface area (Å²) in [5, 5.41) is 4.04. The van der Waals surface area contributed by atoms with Crippen LogP contribution < -0.4 is 4.74 Å². The molecule has 29 heavy (non-hydrogen) atoms. The Hall–Kier alpha value is -3.15. The first kappa shape index (κ1) is 19.2. The first-order valence-corrected chi connectivity index (χ1v) is 10.0. The van der Waals surface area contributed by atoms with Crippen LogP contribution >= 0.6 is 0 Å². The SMILES string of the molecule is COc1ccc(CN(C(=O)CCCc2nc(-c3ccccc3)no2)C2CC2)cc1. The number of ether oxygens (including phenoxy) is 1. The lowest BCUT2D eigenvalue weighted by molar-refractivity contribution is -0.132. The van der Waals surface area contributed by atoms with Crippen LogP contribution in [0.4, 0.5) is 0 Å². The molecule has 6 nitrogen and oxygen atoms in total. The maximum atomic E-state index is 12.8. The van der Waals surface area contributed by atoms with E-state index < -0.39 is 0 Å². The monoisotopic (exact) mass is 391 g/mol. The zero-order chi connectivity index (χ0) is 20.1. The molecule has 1 fully saturated rings. The van der Waals surface area contributed by atoms with Gasteiger partial charge < -0.3 is 14.2 Å². The first-order valence-electron chi connectivity index (χ1n) is 10.0. The highest BCUT2D eigenvalue weighted by Crippen LogP contribution is 2.29. The summed E-state index contributed by atoms with van der Waals surface area (Å²) >= 11 is 0. The molecule has 0 aliphatic heterocycles. The van der Waals surface area contributed by atoms with E-state index in [4.69, 9.17) is 9.26 Å². The number of methoxy groups -OCH3 is 1. The van der Waals surface area contributed by atoms with Crippen LogP contribution in [0.5, 0.6) is 5.75 Å². The van der Waals surface area contributed by atoms with E-state index in [-0.39, 0.29) is 5.91 Å². The van der Waals surface area contributed by atoms with Crippen LogP contribution in [0.25, 0.3) is 11.4 Å². The van der Waals surface area contributed by atoms with Crippen molar-refractivity contribution >= 4 is 5.91 Å². The third-order valence-corrected chi connectivity index (χ3v) is 5.10. The van der Waals surface area contributed by atoms with Crippen LogP contribution in [0, 0.1) is 0 Å². The molecule has 0 atom stereocenters. The molecule has 1 aliphatic carbocycles. The number of benzene rings is 2. The Morgan fingerprint density at radius 3 is 2.59 bits per heavy atom. The van der Waals surface area contributed by atoms with Gasteiger partial charge in [-0.05, 0) is 37.0 Å². The molecular weight excluding hydrogens is 366 g/mol. The van der Waals surface area contributed by atoms with Crippen molar-refractivity contribution in [3.05, 3.63) is 66.1 Å². The zero-order valence-corrected chi connectivity index (χ0v) is 16.6. The quantitative estimate of drug-likeness (QED) is 0.545. The van der Waals surface area contributed by atoms with Gasteiger partial charge in [0.15, 0.2) is 0 Å². The fraction of sp³-hybridized carbons (Fsp3) is 0.348. The Balaban J connectivity index is 1.30. The molecule has 1 saturated carbocycles. The topological polar surface area (TPSA) is 68.5 Å². The van der Waals surface area contributed by atoms with Crippen molar-refractivity contribution in [2.75, 3.05) is 7.11 Å². The lowest BCUT2D eigenvalue weighted by atomic mass is 10.1. The Kier molecular flexibility index (Phi) is 5.89. The maximum Gasteiger partial charge on any atom is 0.226 e. The van der Waals surface area contributed by atoms with Crippen molar-refractivity contribution in [2.45, 2.75) is 44.7 Å². The van der Waals surface area contributed by atoms with E-state index in [1.165, 1.54) is 0 Å². The van der Waals surface area contributed by atoms with Crippen molar-refractivity contribution in [3.8, 4) is 17.1 Å². The average molecular weight is 391 g/mol. The number of hydrogen-bond acceptors (Lipinski definition) is 5.